The van der Waals surface area contributed by atoms with Crippen LogP contribution in [-0.4, -0.2) is 31.2 Å². The summed E-state index contributed by atoms with van der Waals surface area (Å²) in [4.78, 5) is 7.39. The van der Waals surface area contributed by atoms with Crippen molar-refractivity contribution in [1.29, 1.82) is 0 Å². The summed E-state index contributed by atoms with van der Waals surface area (Å²) in [5.41, 5.74) is 2.22. The lowest BCUT2D eigenvalue weighted by molar-refractivity contribution is 0.586. The summed E-state index contributed by atoms with van der Waals surface area (Å²) in [6, 6.07) is 21.2. The second-order valence-electron chi connectivity index (χ2n) is 5.66. The van der Waals surface area contributed by atoms with Crippen molar-refractivity contribution in [2.45, 2.75) is 0 Å². The first-order valence-electron chi connectivity index (χ1n) is 7.83. The first-order valence-corrected chi connectivity index (χ1v) is 7.83. The van der Waals surface area contributed by atoms with Crippen molar-refractivity contribution in [3.05, 3.63) is 60.7 Å². The van der Waals surface area contributed by atoms with Crippen LogP contribution in [0.5, 0.6) is 0 Å². The largest absolute Gasteiger partial charge is 0.354 e. The highest BCUT2D eigenvalue weighted by Crippen LogP contribution is 2.30. The van der Waals surface area contributed by atoms with E-state index in [1.807, 2.05) is 6.07 Å². The molecule has 1 saturated heterocycles. The van der Waals surface area contributed by atoms with Gasteiger partial charge >= 0.3 is 0 Å². The molecule has 0 saturated carbocycles. The number of benzene rings is 2. The number of piperazine rings is 1. The molecule has 2 aromatic carbocycles. The van der Waals surface area contributed by atoms with Crippen LogP contribution < -0.4 is 10.2 Å². The van der Waals surface area contributed by atoms with Crippen LogP contribution in [-0.2, 0) is 0 Å². The van der Waals surface area contributed by atoms with Crippen molar-refractivity contribution in [3.8, 4) is 11.3 Å². The molecule has 3 heteroatoms. The third-order valence-electron chi connectivity index (χ3n) is 4.21. The quantitative estimate of drug-likeness (QED) is 0.784. The second kappa shape index (κ2) is 5.78. The summed E-state index contributed by atoms with van der Waals surface area (Å²) in [5.74, 6) is 1.11. The number of hydrogen-bond donors (Lipinski definition) is 1. The molecule has 0 aliphatic carbocycles. The van der Waals surface area contributed by atoms with Crippen LogP contribution in [0.15, 0.2) is 60.7 Å². The van der Waals surface area contributed by atoms with E-state index in [4.69, 9.17) is 4.98 Å². The molecule has 110 valence electrons. The Labute approximate surface area is 130 Å². The highest BCUT2D eigenvalue weighted by atomic mass is 15.2. The van der Waals surface area contributed by atoms with Gasteiger partial charge < -0.3 is 10.2 Å². The van der Waals surface area contributed by atoms with E-state index in [2.05, 4.69) is 64.8 Å². The highest BCUT2D eigenvalue weighted by molar-refractivity contribution is 5.95. The Morgan fingerprint density at radius 1 is 0.864 bits per heavy atom. The lowest BCUT2D eigenvalue weighted by Gasteiger charge is -2.29. The molecule has 4 rings (SSSR count). The number of pyridine rings is 1. The Hall–Kier alpha value is -2.39. The van der Waals surface area contributed by atoms with Gasteiger partial charge in [-0.1, -0.05) is 54.6 Å². The lowest BCUT2D eigenvalue weighted by Crippen LogP contribution is -2.44. The minimum absolute atomic E-state index is 1.01. The van der Waals surface area contributed by atoms with Crippen molar-refractivity contribution in [3.63, 3.8) is 0 Å². The van der Waals surface area contributed by atoms with Gasteiger partial charge in [0.25, 0.3) is 0 Å². The molecule has 0 atom stereocenters. The van der Waals surface area contributed by atoms with Crippen LogP contribution in [0.1, 0.15) is 0 Å². The average molecular weight is 289 g/mol. The molecular formula is C19H19N3. The molecule has 1 aliphatic heterocycles. The molecule has 1 N–H and O–H groups in total. The number of anilines is 1. The maximum atomic E-state index is 4.99. The van der Waals surface area contributed by atoms with Gasteiger partial charge in [0, 0.05) is 37.1 Å². The molecule has 3 aromatic rings. The normalized spacial score (nSPS) is 15.2. The number of nitrogens with zero attached hydrogens (tertiary/aromatic N) is 2. The maximum Gasteiger partial charge on any atom is 0.137 e. The minimum atomic E-state index is 1.01. The van der Waals surface area contributed by atoms with Gasteiger partial charge in [-0.15, -0.1) is 0 Å². The molecule has 1 aliphatic rings. The van der Waals surface area contributed by atoms with Gasteiger partial charge in [0.1, 0.15) is 5.82 Å². The summed E-state index contributed by atoms with van der Waals surface area (Å²) >= 11 is 0. The first-order chi connectivity index (χ1) is 10.9. The predicted molar refractivity (Wildman–Crippen MR) is 92.3 cm³/mol. The van der Waals surface area contributed by atoms with E-state index in [0.717, 1.165) is 37.7 Å². The van der Waals surface area contributed by atoms with Gasteiger partial charge in [-0.3, -0.25) is 0 Å². The zero-order valence-corrected chi connectivity index (χ0v) is 12.5. The second-order valence-corrected chi connectivity index (χ2v) is 5.66. The number of aromatic nitrogens is 1. The highest BCUT2D eigenvalue weighted by Gasteiger charge is 2.16. The third kappa shape index (κ3) is 2.44. The fraction of sp³-hybridized carbons (Fsp3) is 0.211. The zero-order valence-electron chi connectivity index (χ0n) is 12.5. The Bertz CT molecular complexity index is 777. The molecular weight excluding hydrogens is 270 g/mol. The fourth-order valence-corrected chi connectivity index (χ4v) is 3.05. The molecule has 2 heterocycles. The fourth-order valence-electron chi connectivity index (χ4n) is 3.05. The van der Waals surface area contributed by atoms with Gasteiger partial charge in [-0.05, 0) is 11.5 Å². The van der Waals surface area contributed by atoms with E-state index in [1.165, 1.54) is 16.3 Å². The summed E-state index contributed by atoms with van der Waals surface area (Å²) < 4.78 is 0. The Morgan fingerprint density at radius 3 is 2.41 bits per heavy atom. The van der Waals surface area contributed by atoms with Crippen molar-refractivity contribution in [1.82, 2.24) is 10.3 Å². The predicted octanol–water partition coefficient (Wildman–Crippen LogP) is 3.31. The summed E-state index contributed by atoms with van der Waals surface area (Å²) in [6.07, 6.45) is 0. The van der Waals surface area contributed by atoms with Crippen molar-refractivity contribution >= 4 is 16.6 Å². The van der Waals surface area contributed by atoms with Crippen LogP contribution in [0.25, 0.3) is 22.0 Å². The Kier molecular flexibility index (Phi) is 3.49. The van der Waals surface area contributed by atoms with Gasteiger partial charge in [-0.2, -0.15) is 0 Å². The monoisotopic (exact) mass is 289 g/mol. The van der Waals surface area contributed by atoms with Crippen LogP contribution >= 0.6 is 0 Å². The van der Waals surface area contributed by atoms with Gasteiger partial charge in [0.2, 0.25) is 0 Å². The summed E-state index contributed by atoms with van der Waals surface area (Å²) in [5, 5.41) is 5.90. The van der Waals surface area contributed by atoms with Crippen molar-refractivity contribution in [2.24, 2.45) is 0 Å². The molecule has 0 spiro atoms. The van der Waals surface area contributed by atoms with E-state index in [0.29, 0.717) is 0 Å². The molecule has 3 nitrogen and oxygen atoms in total. The van der Waals surface area contributed by atoms with Gasteiger partial charge in [0.15, 0.2) is 0 Å². The molecule has 0 unspecified atom stereocenters. The van der Waals surface area contributed by atoms with Crippen molar-refractivity contribution in [2.75, 3.05) is 31.1 Å². The van der Waals surface area contributed by atoms with Gasteiger partial charge in [-0.25, -0.2) is 4.98 Å². The van der Waals surface area contributed by atoms with E-state index >= 15 is 0 Å². The lowest BCUT2D eigenvalue weighted by atomic mass is 10.1. The topological polar surface area (TPSA) is 28.2 Å². The van der Waals surface area contributed by atoms with Crippen LogP contribution in [0.2, 0.25) is 0 Å². The number of nitrogens with one attached hydrogen (secondary N) is 1. The summed E-state index contributed by atoms with van der Waals surface area (Å²) in [6.45, 7) is 4.06. The summed E-state index contributed by atoms with van der Waals surface area (Å²) in [7, 11) is 0. The Balaban J connectivity index is 1.89. The molecule has 0 radical (unpaired) electrons. The van der Waals surface area contributed by atoms with Crippen LogP contribution in [0.3, 0.4) is 0 Å². The van der Waals surface area contributed by atoms with Gasteiger partial charge in [0.05, 0.1) is 5.69 Å². The zero-order chi connectivity index (χ0) is 14.8. The average Bonchev–Trinajstić information content (AvgIpc) is 2.62. The molecule has 0 bridgehead atoms. The molecule has 22 heavy (non-hydrogen) atoms. The number of fused-ring (bicyclic) bond motifs is 1. The van der Waals surface area contributed by atoms with Crippen LogP contribution in [0, 0.1) is 0 Å². The third-order valence-corrected chi connectivity index (χ3v) is 4.21. The minimum Gasteiger partial charge on any atom is -0.354 e. The van der Waals surface area contributed by atoms with E-state index in [9.17, 15) is 0 Å². The number of rotatable bonds is 2. The maximum absolute atomic E-state index is 4.99. The molecule has 0 amide bonds. The van der Waals surface area contributed by atoms with Crippen LogP contribution in [0.4, 0.5) is 5.82 Å². The number of hydrogen-bond acceptors (Lipinski definition) is 3. The first kappa shape index (κ1) is 13.3. The molecule has 1 fully saturated rings. The van der Waals surface area contributed by atoms with E-state index in [1.54, 1.807) is 0 Å². The van der Waals surface area contributed by atoms with Crippen molar-refractivity contribution < 1.29 is 0 Å². The molecule has 1 aromatic heterocycles. The van der Waals surface area contributed by atoms with E-state index in [-0.39, 0.29) is 0 Å². The standard InChI is InChI=1S/C19H19N3/c1-2-6-15(7-3-1)18-14-16-8-4-5-9-17(16)19(21-18)22-12-10-20-11-13-22/h1-9,14,20H,10-13H2. The Morgan fingerprint density at radius 2 is 1.59 bits per heavy atom. The SMILES string of the molecule is c1ccc(-c2cc3ccccc3c(N3CCNCC3)n2)cc1. The van der Waals surface area contributed by atoms with E-state index < -0.39 is 0 Å². The smallest absolute Gasteiger partial charge is 0.137 e.